The Morgan fingerprint density at radius 1 is 1.14 bits per heavy atom. The van der Waals surface area contributed by atoms with Gasteiger partial charge in [0.05, 0.1) is 37.8 Å². The van der Waals surface area contributed by atoms with Gasteiger partial charge in [0, 0.05) is 0 Å². The summed E-state index contributed by atoms with van der Waals surface area (Å²) in [6, 6.07) is 12.7. The monoisotopic (exact) mass is 379 g/mol. The molecular weight excluding hydrogens is 362 g/mol. The highest BCUT2D eigenvalue weighted by Crippen LogP contribution is 2.40. The lowest BCUT2D eigenvalue weighted by Crippen LogP contribution is -2.30. The quantitative estimate of drug-likeness (QED) is 0.657. The van der Waals surface area contributed by atoms with Gasteiger partial charge in [-0.25, -0.2) is 0 Å². The Labute approximate surface area is 160 Å². The zero-order valence-electron chi connectivity index (χ0n) is 15.0. The molecule has 7 nitrogen and oxygen atoms in total. The van der Waals surface area contributed by atoms with E-state index in [9.17, 15) is 14.7 Å². The Kier molecular flexibility index (Phi) is 4.49. The molecule has 1 atom stereocenters. The van der Waals surface area contributed by atoms with Crippen molar-refractivity contribution in [3.8, 4) is 5.75 Å². The first-order chi connectivity index (χ1) is 13.6. The van der Waals surface area contributed by atoms with Crippen LogP contribution < -0.4 is 4.74 Å². The van der Waals surface area contributed by atoms with Crippen LogP contribution in [0.3, 0.4) is 0 Å². The molecule has 0 aliphatic carbocycles. The van der Waals surface area contributed by atoms with Gasteiger partial charge >= 0.3 is 0 Å². The van der Waals surface area contributed by atoms with Gasteiger partial charge < -0.3 is 23.6 Å². The Hall–Kier alpha value is -3.74. The third-order valence-electron chi connectivity index (χ3n) is 4.61. The van der Waals surface area contributed by atoms with Crippen molar-refractivity contribution in [3.63, 3.8) is 0 Å². The van der Waals surface area contributed by atoms with Crippen LogP contribution in [0.1, 0.15) is 27.9 Å². The Morgan fingerprint density at radius 2 is 1.93 bits per heavy atom. The van der Waals surface area contributed by atoms with E-state index in [1.165, 1.54) is 30.6 Å². The zero-order chi connectivity index (χ0) is 19.7. The Bertz CT molecular complexity index is 1030. The van der Waals surface area contributed by atoms with Crippen molar-refractivity contribution in [2.45, 2.75) is 12.6 Å². The van der Waals surface area contributed by atoms with E-state index < -0.39 is 23.5 Å². The molecule has 0 spiro atoms. The molecule has 0 bridgehead atoms. The van der Waals surface area contributed by atoms with Crippen molar-refractivity contribution in [3.05, 3.63) is 89.5 Å². The van der Waals surface area contributed by atoms with E-state index in [4.69, 9.17) is 13.6 Å². The number of Topliss-reactive ketones (excluding diaryl/α,β-unsaturated/α-hetero) is 1. The second-order valence-electron chi connectivity index (χ2n) is 6.26. The minimum absolute atomic E-state index is 0.0419. The van der Waals surface area contributed by atoms with Gasteiger partial charge in [0.15, 0.2) is 11.5 Å². The number of furan rings is 2. The maximum atomic E-state index is 13.0. The Morgan fingerprint density at radius 3 is 2.61 bits per heavy atom. The summed E-state index contributed by atoms with van der Waals surface area (Å²) < 4.78 is 15.8. The number of aliphatic hydroxyl groups is 1. The molecule has 0 saturated heterocycles. The first kappa shape index (κ1) is 17.7. The molecule has 1 aliphatic rings. The number of benzene rings is 1. The summed E-state index contributed by atoms with van der Waals surface area (Å²) in [6.07, 6.45) is 2.86. The molecule has 0 radical (unpaired) electrons. The molecule has 7 heteroatoms. The van der Waals surface area contributed by atoms with Crippen molar-refractivity contribution < 1.29 is 28.3 Å². The number of ether oxygens (including phenoxy) is 1. The summed E-state index contributed by atoms with van der Waals surface area (Å²) >= 11 is 0. The van der Waals surface area contributed by atoms with E-state index in [1.807, 2.05) is 0 Å². The molecular formula is C21H17NO6. The van der Waals surface area contributed by atoms with E-state index in [1.54, 1.807) is 42.5 Å². The van der Waals surface area contributed by atoms with Crippen LogP contribution in [0.2, 0.25) is 0 Å². The predicted octanol–water partition coefficient (Wildman–Crippen LogP) is 3.66. The Balaban J connectivity index is 1.81. The standard InChI is InChI=1S/C21H17NO6/c1-26-14-6-2-5-13(11-14)18-17(19(23)16-8-4-10-28-16)20(24)21(25)22(18)12-15-7-3-9-27-15/h2-11,18,24H,12H2,1H3. The van der Waals surface area contributed by atoms with Gasteiger partial charge in [0.1, 0.15) is 11.5 Å². The second-order valence-corrected chi connectivity index (χ2v) is 6.26. The van der Waals surface area contributed by atoms with Gasteiger partial charge in [-0.05, 0) is 42.0 Å². The summed E-state index contributed by atoms with van der Waals surface area (Å²) in [6.45, 7) is 0.0900. The molecule has 1 unspecified atom stereocenters. The summed E-state index contributed by atoms with van der Waals surface area (Å²) in [4.78, 5) is 27.2. The van der Waals surface area contributed by atoms with Gasteiger partial charge in [-0.2, -0.15) is 0 Å². The summed E-state index contributed by atoms with van der Waals surface area (Å²) in [5.41, 5.74) is 0.581. The zero-order valence-corrected chi connectivity index (χ0v) is 15.0. The lowest BCUT2D eigenvalue weighted by atomic mass is 9.95. The van der Waals surface area contributed by atoms with Gasteiger partial charge in [-0.3, -0.25) is 9.59 Å². The molecule has 1 N–H and O–H groups in total. The number of carbonyl (C=O) groups excluding carboxylic acids is 2. The topological polar surface area (TPSA) is 93.1 Å². The number of aliphatic hydroxyl groups excluding tert-OH is 1. The van der Waals surface area contributed by atoms with E-state index in [0.29, 0.717) is 17.1 Å². The SMILES string of the molecule is COc1cccc(C2C(C(=O)c3ccco3)=C(O)C(=O)N2Cc2ccco2)c1. The second kappa shape index (κ2) is 7.11. The number of amides is 1. The van der Waals surface area contributed by atoms with Crippen LogP contribution >= 0.6 is 0 Å². The minimum atomic E-state index is -0.815. The summed E-state index contributed by atoms with van der Waals surface area (Å²) in [5, 5.41) is 10.5. The number of carbonyl (C=O) groups is 2. The van der Waals surface area contributed by atoms with Crippen molar-refractivity contribution in [2.75, 3.05) is 7.11 Å². The molecule has 2 aromatic heterocycles. The first-order valence-corrected chi connectivity index (χ1v) is 8.58. The van der Waals surface area contributed by atoms with Gasteiger partial charge in [0.2, 0.25) is 5.78 Å². The largest absolute Gasteiger partial charge is 0.503 e. The third kappa shape index (κ3) is 2.96. The molecule has 0 fully saturated rings. The smallest absolute Gasteiger partial charge is 0.290 e. The van der Waals surface area contributed by atoms with Gasteiger partial charge in [-0.1, -0.05) is 12.1 Å². The number of hydrogen-bond donors (Lipinski definition) is 1. The van der Waals surface area contributed by atoms with Crippen LogP contribution in [0, 0.1) is 0 Å². The fourth-order valence-corrected chi connectivity index (χ4v) is 3.32. The van der Waals surface area contributed by atoms with E-state index in [-0.39, 0.29) is 17.9 Å². The van der Waals surface area contributed by atoms with Crippen LogP contribution in [0.4, 0.5) is 0 Å². The normalized spacial score (nSPS) is 16.7. The number of rotatable bonds is 6. The maximum Gasteiger partial charge on any atom is 0.290 e. The lowest BCUT2D eigenvalue weighted by molar-refractivity contribution is -0.130. The number of hydrogen-bond acceptors (Lipinski definition) is 6. The van der Waals surface area contributed by atoms with Crippen LogP contribution in [0.15, 0.2) is 81.2 Å². The van der Waals surface area contributed by atoms with E-state index in [0.717, 1.165) is 0 Å². The molecule has 1 aromatic carbocycles. The van der Waals surface area contributed by atoms with Crippen LogP contribution in [0.5, 0.6) is 5.75 Å². The molecule has 1 aliphatic heterocycles. The molecule has 4 rings (SSSR count). The van der Waals surface area contributed by atoms with Crippen molar-refractivity contribution >= 4 is 11.7 Å². The molecule has 142 valence electrons. The van der Waals surface area contributed by atoms with Crippen molar-refractivity contribution in [1.29, 1.82) is 0 Å². The average molecular weight is 379 g/mol. The van der Waals surface area contributed by atoms with E-state index >= 15 is 0 Å². The van der Waals surface area contributed by atoms with Crippen molar-refractivity contribution in [1.82, 2.24) is 4.90 Å². The number of methoxy groups -OCH3 is 1. The molecule has 28 heavy (non-hydrogen) atoms. The van der Waals surface area contributed by atoms with Crippen LogP contribution in [0.25, 0.3) is 0 Å². The predicted molar refractivity (Wildman–Crippen MR) is 97.7 cm³/mol. The van der Waals surface area contributed by atoms with Crippen LogP contribution in [-0.2, 0) is 11.3 Å². The minimum Gasteiger partial charge on any atom is -0.503 e. The number of ketones is 1. The van der Waals surface area contributed by atoms with E-state index in [2.05, 4.69) is 0 Å². The molecule has 0 saturated carbocycles. The summed E-state index contributed by atoms with van der Waals surface area (Å²) in [7, 11) is 1.53. The number of nitrogens with zero attached hydrogens (tertiary/aromatic N) is 1. The first-order valence-electron chi connectivity index (χ1n) is 8.58. The average Bonchev–Trinajstić information content (AvgIpc) is 3.46. The third-order valence-corrected chi connectivity index (χ3v) is 4.61. The summed E-state index contributed by atoms with van der Waals surface area (Å²) in [5.74, 6) is -0.660. The molecule has 3 aromatic rings. The fraction of sp³-hybridized carbons (Fsp3) is 0.143. The molecule has 3 heterocycles. The van der Waals surface area contributed by atoms with Gasteiger partial charge in [0.25, 0.3) is 5.91 Å². The highest BCUT2D eigenvalue weighted by molar-refractivity contribution is 6.14. The maximum absolute atomic E-state index is 13.0. The fourth-order valence-electron chi connectivity index (χ4n) is 3.32. The lowest BCUT2D eigenvalue weighted by Gasteiger charge is -2.26. The van der Waals surface area contributed by atoms with Gasteiger partial charge in [-0.15, -0.1) is 0 Å². The van der Waals surface area contributed by atoms with Crippen LogP contribution in [-0.4, -0.2) is 28.8 Å². The van der Waals surface area contributed by atoms with Crippen molar-refractivity contribution in [2.24, 2.45) is 0 Å². The molecule has 1 amide bonds. The highest BCUT2D eigenvalue weighted by Gasteiger charge is 2.44. The highest BCUT2D eigenvalue weighted by atomic mass is 16.5.